The van der Waals surface area contributed by atoms with Crippen LogP contribution in [0.15, 0.2) is 30.3 Å². The molecule has 0 aromatic heterocycles. The van der Waals surface area contributed by atoms with Gasteiger partial charge >= 0.3 is 6.03 Å². The molecular weight excluding hydrogens is 522 g/mol. The summed E-state index contributed by atoms with van der Waals surface area (Å²) in [5, 5.41) is 29.8. The Hall–Kier alpha value is -2.69. The zero-order chi connectivity index (χ0) is 29.8. The molecule has 4 amide bonds. The second-order valence-electron chi connectivity index (χ2n) is 12.6. The Balaban J connectivity index is 1.55. The average molecular weight is 574 g/mol. The molecule has 1 saturated carbocycles. The number of nitrogens with one attached hydrogen (secondary N) is 3. The van der Waals surface area contributed by atoms with Crippen LogP contribution in [0.1, 0.15) is 83.6 Å². The average Bonchev–Trinajstić information content (AvgIpc) is 2.93. The molecule has 10 nitrogen and oxygen atoms in total. The number of hydrogen-bond donors (Lipinski definition) is 6. The summed E-state index contributed by atoms with van der Waals surface area (Å²) in [6.07, 6.45) is 7.47. The summed E-state index contributed by atoms with van der Waals surface area (Å²) in [4.78, 5) is 40.7. The largest absolute Gasteiger partial charge is 0.391 e. The van der Waals surface area contributed by atoms with Crippen molar-refractivity contribution >= 4 is 17.8 Å². The van der Waals surface area contributed by atoms with Crippen LogP contribution in [0.2, 0.25) is 0 Å². The summed E-state index contributed by atoms with van der Waals surface area (Å²) in [5.74, 6) is -0.193. The fourth-order valence-corrected chi connectivity index (χ4v) is 5.85. The molecule has 1 aromatic rings. The van der Waals surface area contributed by atoms with Crippen LogP contribution < -0.4 is 21.7 Å². The highest BCUT2D eigenvalue weighted by Crippen LogP contribution is 2.29. The lowest BCUT2D eigenvalue weighted by Gasteiger charge is -2.32. The summed E-state index contributed by atoms with van der Waals surface area (Å²) in [6.45, 7) is 4.50. The maximum Gasteiger partial charge on any atom is 0.318 e. The van der Waals surface area contributed by atoms with E-state index in [4.69, 9.17) is 5.73 Å². The molecule has 2 fully saturated rings. The predicted octanol–water partition coefficient (Wildman–Crippen LogP) is 2.21. The van der Waals surface area contributed by atoms with Crippen molar-refractivity contribution in [1.82, 2.24) is 20.9 Å². The fraction of sp³-hybridized carbons (Fsp3) is 0.710. The van der Waals surface area contributed by atoms with Crippen molar-refractivity contribution in [2.24, 2.45) is 11.7 Å². The minimum absolute atomic E-state index is 0.0398. The Morgan fingerprint density at radius 2 is 1.68 bits per heavy atom. The zero-order valence-electron chi connectivity index (χ0n) is 24.8. The van der Waals surface area contributed by atoms with Crippen LogP contribution in [0.4, 0.5) is 4.79 Å². The molecule has 0 spiro atoms. The van der Waals surface area contributed by atoms with E-state index in [0.717, 1.165) is 44.1 Å². The number of carbonyl (C=O) groups is 3. The Kier molecular flexibility index (Phi) is 12.9. The van der Waals surface area contributed by atoms with E-state index < -0.39 is 23.8 Å². The van der Waals surface area contributed by atoms with Crippen LogP contribution in [-0.4, -0.2) is 82.4 Å². The minimum atomic E-state index is -1.05. The van der Waals surface area contributed by atoms with Gasteiger partial charge < -0.3 is 36.8 Å². The Bertz CT molecular complexity index is 955. The molecule has 1 aliphatic heterocycles. The van der Waals surface area contributed by atoms with Crippen molar-refractivity contribution < 1.29 is 24.6 Å². The lowest BCUT2D eigenvalue weighted by Crippen LogP contribution is -2.54. The van der Waals surface area contributed by atoms with E-state index >= 15 is 0 Å². The molecule has 1 aromatic carbocycles. The number of benzene rings is 1. The van der Waals surface area contributed by atoms with E-state index in [2.05, 4.69) is 16.0 Å². The van der Waals surface area contributed by atoms with Gasteiger partial charge in [-0.25, -0.2) is 4.79 Å². The first-order chi connectivity index (χ1) is 19.5. The Morgan fingerprint density at radius 3 is 2.32 bits per heavy atom. The molecule has 230 valence electrons. The summed E-state index contributed by atoms with van der Waals surface area (Å²) < 4.78 is 0. The van der Waals surface area contributed by atoms with Gasteiger partial charge in [-0.1, -0.05) is 62.4 Å². The van der Waals surface area contributed by atoms with Gasteiger partial charge in [-0.2, -0.15) is 0 Å². The number of piperidine rings is 1. The molecule has 0 bridgehead atoms. The second kappa shape index (κ2) is 16.1. The SMILES string of the molecule is CC(C)(O)C[C@H](O)[C@H](CC1CCCCC1)NC(=O)CCNC(=O)[C@H](Cc1ccccc1)NC(=O)N1CCC(N)CC1. The molecule has 1 saturated heterocycles. The van der Waals surface area contributed by atoms with Gasteiger partial charge in [-0.3, -0.25) is 9.59 Å². The van der Waals surface area contributed by atoms with E-state index in [1.165, 1.54) is 6.42 Å². The number of nitrogens with zero attached hydrogens (tertiary/aromatic N) is 1. The number of rotatable bonds is 13. The first-order valence-corrected chi connectivity index (χ1v) is 15.3. The van der Waals surface area contributed by atoms with Crippen LogP contribution in [0, 0.1) is 5.92 Å². The highest BCUT2D eigenvalue weighted by atomic mass is 16.3. The van der Waals surface area contributed by atoms with Crippen molar-refractivity contribution in [1.29, 1.82) is 0 Å². The molecule has 1 aliphatic carbocycles. The van der Waals surface area contributed by atoms with Crippen molar-refractivity contribution in [2.45, 2.75) is 114 Å². The van der Waals surface area contributed by atoms with Crippen LogP contribution in [0.25, 0.3) is 0 Å². The van der Waals surface area contributed by atoms with Crippen LogP contribution in [-0.2, 0) is 16.0 Å². The summed E-state index contributed by atoms with van der Waals surface area (Å²) >= 11 is 0. The van der Waals surface area contributed by atoms with Gasteiger partial charge in [0.15, 0.2) is 0 Å². The quantitative estimate of drug-likeness (QED) is 0.212. The Labute approximate surface area is 244 Å². The number of nitrogens with two attached hydrogens (primary N) is 1. The minimum Gasteiger partial charge on any atom is -0.391 e. The maximum absolute atomic E-state index is 13.2. The lowest BCUT2D eigenvalue weighted by atomic mass is 9.82. The molecule has 10 heteroatoms. The maximum atomic E-state index is 13.2. The van der Waals surface area contributed by atoms with Crippen LogP contribution >= 0.6 is 0 Å². The van der Waals surface area contributed by atoms with E-state index in [9.17, 15) is 24.6 Å². The topological polar surface area (TPSA) is 157 Å². The normalized spacial score (nSPS) is 19.2. The fourth-order valence-electron chi connectivity index (χ4n) is 5.85. The monoisotopic (exact) mass is 573 g/mol. The van der Waals surface area contributed by atoms with Crippen molar-refractivity contribution in [2.75, 3.05) is 19.6 Å². The molecule has 0 radical (unpaired) electrons. The van der Waals surface area contributed by atoms with Crippen molar-refractivity contribution in [3.8, 4) is 0 Å². The smallest absolute Gasteiger partial charge is 0.318 e. The summed E-state index contributed by atoms with van der Waals surface area (Å²) in [5.41, 5.74) is 5.83. The number of amides is 4. The van der Waals surface area contributed by atoms with E-state index in [0.29, 0.717) is 31.8 Å². The molecule has 2 aliphatic rings. The van der Waals surface area contributed by atoms with Gasteiger partial charge in [-0.15, -0.1) is 0 Å². The number of aliphatic hydroxyl groups excluding tert-OH is 1. The van der Waals surface area contributed by atoms with Gasteiger partial charge in [0.05, 0.1) is 17.7 Å². The highest BCUT2D eigenvalue weighted by molar-refractivity contribution is 5.87. The molecule has 41 heavy (non-hydrogen) atoms. The van der Waals surface area contributed by atoms with Gasteiger partial charge in [0.2, 0.25) is 11.8 Å². The third-order valence-electron chi connectivity index (χ3n) is 8.21. The molecule has 0 unspecified atom stereocenters. The van der Waals surface area contributed by atoms with E-state index in [1.807, 2.05) is 30.3 Å². The third-order valence-corrected chi connectivity index (χ3v) is 8.21. The Morgan fingerprint density at radius 1 is 1.02 bits per heavy atom. The number of carbonyl (C=O) groups excluding carboxylic acids is 3. The van der Waals surface area contributed by atoms with E-state index in [-0.39, 0.29) is 43.3 Å². The van der Waals surface area contributed by atoms with Crippen LogP contribution in [0.3, 0.4) is 0 Å². The van der Waals surface area contributed by atoms with Gasteiger partial charge in [0, 0.05) is 44.9 Å². The van der Waals surface area contributed by atoms with Crippen molar-refractivity contribution in [3.63, 3.8) is 0 Å². The van der Waals surface area contributed by atoms with Crippen LogP contribution in [0.5, 0.6) is 0 Å². The van der Waals surface area contributed by atoms with E-state index in [1.54, 1.807) is 18.7 Å². The molecule has 3 atom stereocenters. The first kappa shape index (κ1) is 32.8. The number of hydrogen-bond acceptors (Lipinski definition) is 6. The van der Waals surface area contributed by atoms with Gasteiger partial charge in [0.25, 0.3) is 0 Å². The third kappa shape index (κ3) is 12.0. The molecule has 1 heterocycles. The first-order valence-electron chi connectivity index (χ1n) is 15.3. The number of aliphatic hydroxyl groups is 2. The molecule has 7 N–H and O–H groups in total. The standard InChI is InChI=1S/C31H51N5O5/c1-31(2,41)21-27(37)25(19-22-9-5-3-6-10-22)34-28(38)13-16-33-29(39)26(20-23-11-7-4-8-12-23)35-30(40)36-17-14-24(32)15-18-36/h4,7-8,11-12,22,24-27,37,41H,3,5-6,9-10,13-21,32H2,1-2H3,(H,33,39)(H,34,38)(H,35,40)/t25-,26-,27-/m0/s1. The number of likely N-dealkylation sites (tertiary alicyclic amines) is 1. The van der Waals surface area contributed by atoms with Gasteiger partial charge in [-0.05, 0) is 44.6 Å². The predicted molar refractivity (Wildman–Crippen MR) is 159 cm³/mol. The summed E-state index contributed by atoms with van der Waals surface area (Å²) in [6, 6.07) is 8.02. The zero-order valence-corrected chi connectivity index (χ0v) is 24.8. The lowest BCUT2D eigenvalue weighted by molar-refractivity contribution is -0.124. The molecule has 3 rings (SSSR count). The summed E-state index contributed by atoms with van der Waals surface area (Å²) in [7, 11) is 0. The second-order valence-corrected chi connectivity index (χ2v) is 12.6. The number of urea groups is 1. The molecular formula is C31H51N5O5. The van der Waals surface area contributed by atoms with Gasteiger partial charge in [0.1, 0.15) is 6.04 Å². The highest BCUT2D eigenvalue weighted by Gasteiger charge is 2.30. The van der Waals surface area contributed by atoms with Crippen molar-refractivity contribution in [3.05, 3.63) is 35.9 Å².